The number of carbonyl (C=O) groups excluding carboxylic acids is 1. The Hall–Kier alpha value is -1.94. The summed E-state index contributed by atoms with van der Waals surface area (Å²) in [6, 6.07) is 8.03. The van der Waals surface area contributed by atoms with Gasteiger partial charge in [0.2, 0.25) is 0 Å². The zero-order valence-electron chi connectivity index (χ0n) is 9.66. The van der Waals surface area contributed by atoms with E-state index in [0.29, 0.717) is 0 Å². The van der Waals surface area contributed by atoms with Crippen LogP contribution >= 0.6 is 11.6 Å². The van der Waals surface area contributed by atoms with Gasteiger partial charge in [-0.05, 0) is 23.8 Å². The number of Topliss-reactive ketones (excluding diaryl/α,β-unsaturated/α-hetero) is 1. The highest BCUT2D eigenvalue weighted by Crippen LogP contribution is 2.29. The molecule has 0 aliphatic heterocycles. The third kappa shape index (κ3) is 2.74. The fourth-order valence-corrected chi connectivity index (χ4v) is 1.82. The van der Waals surface area contributed by atoms with E-state index in [1.807, 2.05) is 0 Å². The van der Waals surface area contributed by atoms with Crippen LogP contribution in [0, 0.1) is 11.6 Å². The first-order valence-corrected chi connectivity index (χ1v) is 5.82. The van der Waals surface area contributed by atoms with Crippen LogP contribution in [-0.4, -0.2) is 10.9 Å². The van der Waals surface area contributed by atoms with Crippen LogP contribution in [0.5, 0.6) is 5.75 Å². The molecule has 0 saturated heterocycles. The average Bonchev–Trinajstić information content (AvgIpc) is 2.40. The number of phenols is 1. The summed E-state index contributed by atoms with van der Waals surface area (Å²) in [6.45, 7) is 0. The minimum atomic E-state index is -0.961. The van der Waals surface area contributed by atoms with Crippen LogP contribution in [-0.2, 0) is 6.42 Å². The summed E-state index contributed by atoms with van der Waals surface area (Å²) in [5, 5.41) is 9.19. The SMILES string of the molecule is O=C(Cc1ccc(Cl)c(O)c1F)c1ccccc1F. The molecule has 0 unspecified atom stereocenters. The summed E-state index contributed by atoms with van der Waals surface area (Å²) >= 11 is 5.53. The van der Waals surface area contributed by atoms with Crippen molar-refractivity contribution in [3.05, 3.63) is 64.2 Å². The molecule has 2 nitrogen and oxygen atoms in total. The van der Waals surface area contributed by atoms with Crippen molar-refractivity contribution in [3.63, 3.8) is 0 Å². The van der Waals surface area contributed by atoms with Crippen LogP contribution in [0.25, 0.3) is 0 Å². The van der Waals surface area contributed by atoms with Crippen molar-refractivity contribution in [3.8, 4) is 5.75 Å². The second kappa shape index (κ2) is 5.36. The van der Waals surface area contributed by atoms with E-state index in [0.717, 1.165) is 6.07 Å². The van der Waals surface area contributed by atoms with E-state index in [9.17, 15) is 18.7 Å². The number of hydrogen-bond acceptors (Lipinski definition) is 2. The van der Waals surface area contributed by atoms with Crippen molar-refractivity contribution in [2.24, 2.45) is 0 Å². The van der Waals surface area contributed by atoms with Crippen LogP contribution in [0.2, 0.25) is 5.02 Å². The Morgan fingerprint density at radius 2 is 1.84 bits per heavy atom. The minimum Gasteiger partial charge on any atom is -0.504 e. The van der Waals surface area contributed by atoms with E-state index in [1.165, 1.54) is 30.3 Å². The highest BCUT2D eigenvalue weighted by Gasteiger charge is 2.17. The molecule has 0 amide bonds. The number of benzene rings is 2. The van der Waals surface area contributed by atoms with Crippen molar-refractivity contribution in [2.75, 3.05) is 0 Å². The lowest BCUT2D eigenvalue weighted by atomic mass is 10.0. The maximum absolute atomic E-state index is 13.7. The zero-order valence-corrected chi connectivity index (χ0v) is 10.4. The van der Waals surface area contributed by atoms with E-state index < -0.39 is 23.2 Å². The molecule has 5 heteroatoms. The molecular formula is C14H9ClF2O2. The molecule has 2 aromatic carbocycles. The number of ketones is 1. The third-order valence-electron chi connectivity index (χ3n) is 2.67. The molecule has 0 spiro atoms. The first-order chi connectivity index (χ1) is 9.00. The van der Waals surface area contributed by atoms with E-state index in [-0.39, 0.29) is 22.6 Å². The number of carbonyl (C=O) groups is 1. The summed E-state index contributed by atoms with van der Waals surface area (Å²) in [4.78, 5) is 11.9. The van der Waals surface area contributed by atoms with Gasteiger partial charge in [0.1, 0.15) is 5.82 Å². The fraction of sp³-hybridized carbons (Fsp3) is 0.0714. The summed E-state index contributed by atoms with van der Waals surface area (Å²) < 4.78 is 27.1. The number of halogens is 3. The predicted octanol–water partition coefficient (Wildman–Crippen LogP) is 3.75. The van der Waals surface area contributed by atoms with E-state index in [4.69, 9.17) is 11.6 Å². The molecule has 1 N–H and O–H groups in total. The molecule has 0 fully saturated rings. The molecule has 0 bridgehead atoms. The molecule has 0 aliphatic carbocycles. The minimum absolute atomic E-state index is 0.0323. The molecular weight excluding hydrogens is 274 g/mol. The Morgan fingerprint density at radius 1 is 1.16 bits per heavy atom. The quantitative estimate of drug-likeness (QED) is 0.871. The average molecular weight is 283 g/mol. The molecule has 0 heterocycles. The number of rotatable bonds is 3. The summed E-state index contributed by atoms with van der Waals surface area (Å²) in [5.41, 5.74) is -0.147. The monoisotopic (exact) mass is 282 g/mol. The standard InChI is InChI=1S/C14H9ClF2O2/c15-10-6-5-8(13(17)14(10)19)7-12(18)9-3-1-2-4-11(9)16/h1-6,19H,7H2. The maximum atomic E-state index is 13.7. The van der Waals surface area contributed by atoms with Crippen molar-refractivity contribution in [1.82, 2.24) is 0 Å². The lowest BCUT2D eigenvalue weighted by molar-refractivity contribution is 0.0988. The Bertz CT molecular complexity index is 641. The smallest absolute Gasteiger partial charge is 0.170 e. The lowest BCUT2D eigenvalue weighted by Gasteiger charge is -2.06. The second-order valence-corrected chi connectivity index (χ2v) is 4.36. The summed E-state index contributed by atoms with van der Waals surface area (Å²) in [7, 11) is 0. The molecule has 98 valence electrons. The fourth-order valence-electron chi connectivity index (χ4n) is 1.67. The zero-order chi connectivity index (χ0) is 14.0. The van der Waals surface area contributed by atoms with E-state index in [2.05, 4.69) is 0 Å². The van der Waals surface area contributed by atoms with Gasteiger partial charge in [0.25, 0.3) is 0 Å². The Balaban J connectivity index is 2.30. The van der Waals surface area contributed by atoms with Gasteiger partial charge in [-0.25, -0.2) is 8.78 Å². The summed E-state index contributed by atoms with van der Waals surface area (Å²) in [6.07, 6.45) is -0.350. The van der Waals surface area contributed by atoms with Gasteiger partial charge >= 0.3 is 0 Å². The highest BCUT2D eigenvalue weighted by atomic mass is 35.5. The molecule has 19 heavy (non-hydrogen) atoms. The topological polar surface area (TPSA) is 37.3 Å². The number of hydrogen-bond donors (Lipinski definition) is 1. The Morgan fingerprint density at radius 3 is 2.53 bits per heavy atom. The molecule has 0 atom stereocenters. The number of aromatic hydroxyl groups is 1. The predicted molar refractivity (Wildman–Crippen MR) is 67.5 cm³/mol. The van der Waals surface area contributed by atoms with Crippen LogP contribution < -0.4 is 0 Å². The van der Waals surface area contributed by atoms with Crippen LogP contribution in [0.15, 0.2) is 36.4 Å². The Kier molecular flexibility index (Phi) is 3.81. The first-order valence-electron chi connectivity index (χ1n) is 5.44. The molecule has 0 aromatic heterocycles. The van der Waals surface area contributed by atoms with Crippen molar-refractivity contribution in [1.29, 1.82) is 0 Å². The van der Waals surface area contributed by atoms with E-state index >= 15 is 0 Å². The summed E-state index contributed by atoms with van der Waals surface area (Å²) in [5.74, 6) is -2.90. The molecule has 2 rings (SSSR count). The van der Waals surface area contributed by atoms with Crippen LogP contribution in [0.1, 0.15) is 15.9 Å². The maximum Gasteiger partial charge on any atom is 0.170 e. The molecule has 0 aliphatic rings. The van der Waals surface area contributed by atoms with Gasteiger partial charge in [0.05, 0.1) is 10.6 Å². The third-order valence-corrected chi connectivity index (χ3v) is 2.98. The van der Waals surface area contributed by atoms with E-state index in [1.54, 1.807) is 0 Å². The van der Waals surface area contributed by atoms with Gasteiger partial charge in [-0.3, -0.25) is 4.79 Å². The number of phenolic OH excluding ortho intramolecular Hbond substituents is 1. The van der Waals surface area contributed by atoms with Crippen molar-refractivity contribution < 1.29 is 18.7 Å². The normalized spacial score (nSPS) is 10.5. The van der Waals surface area contributed by atoms with Crippen LogP contribution in [0.4, 0.5) is 8.78 Å². The second-order valence-electron chi connectivity index (χ2n) is 3.95. The Labute approximate surface area is 113 Å². The largest absolute Gasteiger partial charge is 0.504 e. The van der Waals surface area contributed by atoms with Crippen molar-refractivity contribution in [2.45, 2.75) is 6.42 Å². The van der Waals surface area contributed by atoms with Crippen LogP contribution in [0.3, 0.4) is 0 Å². The lowest BCUT2D eigenvalue weighted by Crippen LogP contribution is -2.07. The van der Waals surface area contributed by atoms with Gasteiger partial charge in [-0.2, -0.15) is 0 Å². The highest BCUT2D eigenvalue weighted by molar-refractivity contribution is 6.32. The van der Waals surface area contributed by atoms with Gasteiger partial charge in [-0.1, -0.05) is 29.8 Å². The first kappa shape index (κ1) is 13.5. The van der Waals surface area contributed by atoms with Gasteiger partial charge in [0, 0.05) is 6.42 Å². The van der Waals surface area contributed by atoms with Gasteiger partial charge in [0.15, 0.2) is 17.3 Å². The molecule has 0 saturated carbocycles. The van der Waals surface area contributed by atoms with Gasteiger partial charge in [-0.15, -0.1) is 0 Å². The molecule has 2 aromatic rings. The van der Waals surface area contributed by atoms with Crippen molar-refractivity contribution >= 4 is 17.4 Å². The molecule has 0 radical (unpaired) electrons. The van der Waals surface area contributed by atoms with Gasteiger partial charge < -0.3 is 5.11 Å².